The lowest BCUT2D eigenvalue weighted by Crippen LogP contribution is -2.42. The van der Waals surface area contributed by atoms with Crippen molar-refractivity contribution < 1.29 is 14.8 Å². The third-order valence-electron chi connectivity index (χ3n) is 3.20. The average molecular weight is 296 g/mol. The van der Waals surface area contributed by atoms with Crippen LogP contribution in [0.4, 0.5) is 5.69 Å². The molecular formula is C15H24N2O4. The zero-order chi connectivity index (χ0) is 16.0. The second-order valence-corrected chi connectivity index (χ2v) is 5.85. The highest BCUT2D eigenvalue weighted by atomic mass is 16.6. The van der Waals surface area contributed by atoms with Crippen LogP contribution in [0, 0.1) is 10.1 Å². The van der Waals surface area contributed by atoms with Crippen LogP contribution in [0.2, 0.25) is 0 Å². The Labute approximate surface area is 125 Å². The molecule has 0 heterocycles. The molecule has 0 saturated carbocycles. The number of hydrogen-bond donors (Lipinski definition) is 2. The molecule has 6 nitrogen and oxygen atoms in total. The second kappa shape index (κ2) is 7.49. The Hall–Kier alpha value is -1.50. The van der Waals surface area contributed by atoms with Crippen LogP contribution in [0.1, 0.15) is 33.3 Å². The van der Waals surface area contributed by atoms with E-state index < -0.39 is 16.6 Å². The molecular weight excluding hydrogens is 272 g/mol. The minimum absolute atomic E-state index is 0.0694. The molecule has 0 aliphatic carbocycles. The number of aliphatic hydroxyl groups excluding tert-OH is 1. The Kier molecular flexibility index (Phi) is 6.26. The first-order chi connectivity index (χ1) is 9.72. The number of nitro benzene ring substituents is 1. The second-order valence-electron chi connectivity index (χ2n) is 5.85. The van der Waals surface area contributed by atoms with Gasteiger partial charge in [-0.1, -0.05) is 12.1 Å². The Morgan fingerprint density at radius 2 is 1.90 bits per heavy atom. The van der Waals surface area contributed by atoms with Gasteiger partial charge in [0.05, 0.1) is 23.7 Å². The van der Waals surface area contributed by atoms with E-state index in [4.69, 9.17) is 4.74 Å². The smallest absolute Gasteiger partial charge is 0.269 e. The number of rotatable bonds is 8. The maximum atomic E-state index is 10.6. The fourth-order valence-electron chi connectivity index (χ4n) is 1.84. The first-order valence-corrected chi connectivity index (χ1v) is 7.02. The number of nitro groups is 1. The summed E-state index contributed by atoms with van der Waals surface area (Å²) in [6.07, 6.45) is -0.507. The van der Waals surface area contributed by atoms with Gasteiger partial charge < -0.3 is 15.2 Å². The predicted molar refractivity (Wildman–Crippen MR) is 81.2 cm³/mol. The van der Waals surface area contributed by atoms with Crippen molar-refractivity contribution in [2.75, 3.05) is 13.2 Å². The van der Waals surface area contributed by atoms with E-state index in [1.807, 2.05) is 27.7 Å². The van der Waals surface area contributed by atoms with Gasteiger partial charge in [-0.2, -0.15) is 0 Å². The minimum atomic E-state index is -0.593. The number of ether oxygens (including phenoxy) is 1. The molecule has 1 unspecified atom stereocenters. The van der Waals surface area contributed by atoms with Crippen LogP contribution in [0.3, 0.4) is 0 Å². The van der Waals surface area contributed by atoms with Gasteiger partial charge in [0.1, 0.15) is 0 Å². The van der Waals surface area contributed by atoms with Crippen LogP contribution < -0.4 is 5.32 Å². The van der Waals surface area contributed by atoms with Crippen LogP contribution >= 0.6 is 0 Å². The van der Waals surface area contributed by atoms with Crippen molar-refractivity contribution in [1.29, 1.82) is 0 Å². The van der Waals surface area contributed by atoms with Crippen molar-refractivity contribution in [2.45, 2.75) is 45.4 Å². The van der Waals surface area contributed by atoms with Gasteiger partial charge >= 0.3 is 0 Å². The molecule has 0 aromatic heterocycles. The van der Waals surface area contributed by atoms with E-state index in [1.165, 1.54) is 12.1 Å². The zero-order valence-electron chi connectivity index (χ0n) is 13.0. The van der Waals surface area contributed by atoms with Crippen molar-refractivity contribution in [3.05, 3.63) is 39.9 Å². The Morgan fingerprint density at radius 1 is 1.33 bits per heavy atom. The molecule has 21 heavy (non-hydrogen) atoms. The molecule has 0 amide bonds. The molecule has 0 spiro atoms. The van der Waals surface area contributed by atoms with Crippen molar-refractivity contribution >= 4 is 5.69 Å². The number of hydrogen-bond acceptors (Lipinski definition) is 5. The molecule has 0 fully saturated rings. The van der Waals surface area contributed by atoms with Crippen LogP contribution in [-0.4, -0.2) is 35.4 Å². The summed E-state index contributed by atoms with van der Waals surface area (Å²) in [6.45, 7) is 8.42. The molecule has 1 rings (SSSR count). The van der Waals surface area contributed by atoms with E-state index in [1.54, 1.807) is 12.1 Å². The van der Waals surface area contributed by atoms with Crippen LogP contribution in [0.15, 0.2) is 24.3 Å². The molecule has 0 radical (unpaired) electrons. The molecule has 0 bridgehead atoms. The van der Waals surface area contributed by atoms with E-state index in [0.29, 0.717) is 6.54 Å². The lowest BCUT2D eigenvalue weighted by atomic mass is 9.94. The monoisotopic (exact) mass is 296 g/mol. The Bertz CT molecular complexity index is 457. The highest BCUT2D eigenvalue weighted by molar-refractivity contribution is 5.35. The lowest BCUT2D eigenvalue weighted by molar-refractivity contribution is -0.384. The average Bonchev–Trinajstić information content (AvgIpc) is 2.43. The van der Waals surface area contributed by atoms with Crippen molar-refractivity contribution in [1.82, 2.24) is 5.32 Å². The highest BCUT2D eigenvalue weighted by Gasteiger charge is 2.22. The fraction of sp³-hybridized carbons (Fsp3) is 0.600. The first kappa shape index (κ1) is 17.6. The highest BCUT2D eigenvalue weighted by Crippen LogP contribution is 2.22. The van der Waals surface area contributed by atoms with E-state index in [0.717, 1.165) is 5.56 Å². The lowest BCUT2D eigenvalue weighted by Gasteiger charge is -2.28. The molecule has 1 aromatic carbocycles. The Morgan fingerprint density at radius 3 is 2.38 bits per heavy atom. The molecule has 0 saturated heterocycles. The maximum Gasteiger partial charge on any atom is 0.269 e. The van der Waals surface area contributed by atoms with Crippen molar-refractivity contribution in [3.8, 4) is 0 Å². The number of aliphatic hydroxyl groups is 1. The summed E-state index contributed by atoms with van der Waals surface area (Å²) in [6, 6.07) is 6.42. The molecule has 1 aromatic rings. The van der Waals surface area contributed by atoms with Gasteiger partial charge in [-0.05, 0) is 33.3 Å². The van der Waals surface area contributed by atoms with Gasteiger partial charge in [-0.3, -0.25) is 10.1 Å². The van der Waals surface area contributed by atoms with E-state index in [9.17, 15) is 15.2 Å². The van der Waals surface area contributed by atoms with E-state index >= 15 is 0 Å². The molecule has 1 atom stereocenters. The third kappa shape index (κ3) is 5.79. The normalized spacial score (nSPS) is 13.4. The molecule has 0 aliphatic rings. The number of benzene rings is 1. The van der Waals surface area contributed by atoms with E-state index in [-0.39, 0.29) is 18.4 Å². The quantitative estimate of drug-likeness (QED) is 0.567. The summed E-state index contributed by atoms with van der Waals surface area (Å²) in [7, 11) is 0. The van der Waals surface area contributed by atoms with Gasteiger partial charge in [0, 0.05) is 24.2 Å². The summed E-state index contributed by atoms with van der Waals surface area (Å²) in [5, 5.41) is 23.7. The van der Waals surface area contributed by atoms with Crippen LogP contribution in [0.5, 0.6) is 0 Å². The standard InChI is InChI=1S/C15H24N2O4/c1-11(2)21-10-14(18)9-16-15(3,4)12-5-7-13(8-6-12)17(19)20/h5-8,11,14,16,18H,9-10H2,1-4H3. The number of nitrogens with one attached hydrogen (secondary N) is 1. The molecule has 118 valence electrons. The van der Waals surface area contributed by atoms with Gasteiger partial charge in [0.2, 0.25) is 0 Å². The van der Waals surface area contributed by atoms with Gasteiger partial charge in [0.15, 0.2) is 0 Å². The number of nitrogens with zero attached hydrogens (tertiary/aromatic N) is 1. The largest absolute Gasteiger partial charge is 0.389 e. The van der Waals surface area contributed by atoms with Gasteiger partial charge in [-0.15, -0.1) is 0 Å². The molecule has 2 N–H and O–H groups in total. The fourth-order valence-corrected chi connectivity index (χ4v) is 1.84. The minimum Gasteiger partial charge on any atom is -0.389 e. The summed E-state index contributed by atoms with van der Waals surface area (Å²) < 4.78 is 5.35. The van der Waals surface area contributed by atoms with Crippen molar-refractivity contribution in [2.24, 2.45) is 0 Å². The SMILES string of the molecule is CC(C)OCC(O)CNC(C)(C)c1ccc([N+](=O)[O-])cc1. The Balaban J connectivity index is 2.58. The zero-order valence-corrected chi connectivity index (χ0v) is 13.0. The van der Waals surface area contributed by atoms with Gasteiger partial charge in [0.25, 0.3) is 5.69 Å². The summed E-state index contributed by atoms with van der Waals surface area (Å²) >= 11 is 0. The summed E-state index contributed by atoms with van der Waals surface area (Å²) in [5.41, 5.74) is 0.596. The summed E-state index contributed by atoms with van der Waals surface area (Å²) in [4.78, 5) is 10.2. The number of non-ortho nitro benzene ring substituents is 1. The van der Waals surface area contributed by atoms with E-state index in [2.05, 4.69) is 5.32 Å². The van der Waals surface area contributed by atoms with Crippen LogP contribution in [-0.2, 0) is 10.3 Å². The maximum absolute atomic E-state index is 10.6. The van der Waals surface area contributed by atoms with Crippen LogP contribution in [0.25, 0.3) is 0 Å². The first-order valence-electron chi connectivity index (χ1n) is 7.02. The predicted octanol–water partition coefficient (Wildman–Crippen LogP) is 2.21. The van der Waals surface area contributed by atoms with Gasteiger partial charge in [-0.25, -0.2) is 0 Å². The molecule has 6 heteroatoms. The third-order valence-corrected chi connectivity index (χ3v) is 3.20. The van der Waals surface area contributed by atoms with Crippen molar-refractivity contribution in [3.63, 3.8) is 0 Å². The topological polar surface area (TPSA) is 84.6 Å². The molecule has 0 aliphatic heterocycles. The summed E-state index contributed by atoms with van der Waals surface area (Å²) in [5.74, 6) is 0.